The van der Waals surface area contributed by atoms with E-state index in [1.54, 1.807) is 0 Å². The van der Waals surface area contributed by atoms with Gasteiger partial charge in [-0.05, 0) is 122 Å². The fourth-order valence-corrected chi connectivity index (χ4v) is 11.7. The Bertz CT molecular complexity index is 976. The minimum atomic E-state index is 0.491. The molecule has 0 radical (unpaired) electrons. The number of fused-ring (bicyclic) bond motifs is 1. The lowest BCUT2D eigenvalue weighted by atomic mass is 9.36. The molecule has 6 aliphatic carbocycles. The highest BCUT2D eigenvalue weighted by Crippen LogP contribution is 2.75. The van der Waals surface area contributed by atoms with Crippen LogP contribution >= 0.6 is 0 Å². The van der Waals surface area contributed by atoms with Crippen LogP contribution in [0, 0.1) is 88.3 Å². The monoisotopic (exact) mass is 549 g/mol. The molecular formula is C40H68. The second-order valence-electron chi connectivity index (χ2n) is 17.3. The van der Waals surface area contributed by atoms with Crippen LogP contribution in [0.15, 0.2) is 22.3 Å². The lowest BCUT2D eigenvalue weighted by molar-refractivity contribution is -0.199. The third-order valence-corrected chi connectivity index (χ3v) is 14.6. The maximum atomic E-state index is 2.85. The molecule has 40 heavy (non-hydrogen) atoms. The van der Waals surface area contributed by atoms with Gasteiger partial charge in [0.2, 0.25) is 0 Å². The molecule has 13 atom stereocenters. The van der Waals surface area contributed by atoms with Crippen molar-refractivity contribution in [3.63, 3.8) is 0 Å². The Morgan fingerprint density at radius 2 is 1.62 bits per heavy atom. The van der Waals surface area contributed by atoms with Gasteiger partial charge in [-0.15, -0.1) is 0 Å². The average molecular weight is 549 g/mol. The van der Waals surface area contributed by atoms with Gasteiger partial charge in [0.05, 0.1) is 0 Å². The molecule has 0 spiro atoms. The normalized spacial score (nSPS) is 42.6. The molecule has 6 aliphatic rings. The van der Waals surface area contributed by atoms with Gasteiger partial charge in [0.15, 0.2) is 0 Å². The molecule has 0 nitrogen and oxygen atoms in total. The summed E-state index contributed by atoms with van der Waals surface area (Å²) < 4.78 is 0. The quantitative estimate of drug-likeness (QED) is 0.213. The molecule has 0 heteroatoms. The lowest BCUT2D eigenvalue weighted by Gasteiger charge is -2.68. The molecule has 0 amide bonds. The number of allylic oxidation sites excluding steroid dienone is 4. The molecule has 0 aromatic carbocycles. The second-order valence-corrected chi connectivity index (χ2v) is 17.3. The molecule has 0 aromatic heterocycles. The molecule has 4 fully saturated rings. The van der Waals surface area contributed by atoms with Crippen LogP contribution in [0.2, 0.25) is 0 Å². The zero-order valence-corrected chi connectivity index (χ0v) is 28.9. The molecule has 13 unspecified atom stereocenters. The standard InChI is InChI=1S/C40H68/c1-13-24(7)16-15-17-30-33-20-29-19-31(29)28(11)39(37-27(10)32(37)18-22(3)4)40(12)36(14-2)35(21-34(30)33)38(40)26(9)25(8)23(5)6/h22-26,28-29,31,33,35-39H,13-21H2,1-12H3. The highest BCUT2D eigenvalue weighted by atomic mass is 14.7. The maximum Gasteiger partial charge on any atom is 0.00463 e. The molecule has 0 N–H and O–H groups in total. The van der Waals surface area contributed by atoms with Gasteiger partial charge in [-0.25, -0.2) is 0 Å². The van der Waals surface area contributed by atoms with Gasteiger partial charge in [0, 0.05) is 11.8 Å². The second kappa shape index (κ2) is 11.5. The summed E-state index contributed by atoms with van der Waals surface area (Å²) in [5, 5.41) is 0. The zero-order valence-electron chi connectivity index (χ0n) is 28.9. The van der Waals surface area contributed by atoms with E-state index in [-0.39, 0.29) is 0 Å². The van der Waals surface area contributed by atoms with E-state index >= 15 is 0 Å². The van der Waals surface area contributed by atoms with Crippen LogP contribution in [0.4, 0.5) is 0 Å². The summed E-state index contributed by atoms with van der Waals surface area (Å²) >= 11 is 0. The van der Waals surface area contributed by atoms with Crippen molar-refractivity contribution in [3.8, 4) is 0 Å². The van der Waals surface area contributed by atoms with E-state index in [1.807, 2.05) is 22.3 Å². The molecule has 0 heterocycles. The predicted octanol–water partition coefficient (Wildman–Crippen LogP) is 12.0. The molecule has 0 aliphatic heterocycles. The van der Waals surface area contributed by atoms with E-state index in [4.69, 9.17) is 0 Å². The van der Waals surface area contributed by atoms with E-state index in [0.717, 1.165) is 82.9 Å². The van der Waals surface area contributed by atoms with E-state index in [1.165, 1.54) is 57.8 Å². The minimum Gasteiger partial charge on any atom is -0.0660 e. The van der Waals surface area contributed by atoms with Crippen molar-refractivity contribution in [3.05, 3.63) is 22.3 Å². The van der Waals surface area contributed by atoms with Crippen molar-refractivity contribution in [2.45, 2.75) is 141 Å². The average Bonchev–Trinajstić information content (AvgIpc) is 3.85. The van der Waals surface area contributed by atoms with Crippen LogP contribution in [0.1, 0.15) is 141 Å². The van der Waals surface area contributed by atoms with Gasteiger partial charge in [0.25, 0.3) is 0 Å². The van der Waals surface area contributed by atoms with Crippen LogP contribution in [0.5, 0.6) is 0 Å². The predicted molar refractivity (Wildman–Crippen MR) is 175 cm³/mol. The fourth-order valence-electron chi connectivity index (χ4n) is 11.7. The van der Waals surface area contributed by atoms with E-state index in [9.17, 15) is 0 Å². The van der Waals surface area contributed by atoms with E-state index in [2.05, 4.69) is 83.1 Å². The number of hydrogen-bond donors (Lipinski definition) is 0. The third kappa shape index (κ3) is 5.25. The van der Waals surface area contributed by atoms with Gasteiger partial charge >= 0.3 is 0 Å². The third-order valence-electron chi connectivity index (χ3n) is 14.6. The summed E-state index contributed by atoms with van der Waals surface area (Å²) in [6, 6.07) is 0. The van der Waals surface area contributed by atoms with Crippen molar-refractivity contribution >= 4 is 0 Å². The van der Waals surface area contributed by atoms with Crippen molar-refractivity contribution in [2.24, 2.45) is 88.3 Å². The molecule has 0 saturated heterocycles. The Hall–Kier alpha value is -0.520. The zero-order chi connectivity index (χ0) is 29.3. The topological polar surface area (TPSA) is 0 Å². The van der Waals surface area contributed by atoms with E-state index < -0.39 is 0 Å². The Morgan fingerprint density at radius 3 is 2.23 bits per heavy atom. The van der Waals surface area contributed by atoms with Crippen LogP contribution in [-0.2, 0) is 0 Å². The molecule has 6 rings (SSSR count). The van der Waals surface area contributed by atoms with Crippen LogP contribution in [0.25, 0.3) is 0 Å². The largest absolute Gasteiger partial charge is 0.0660 e. The van der Waals surface area contributed by atoms with Crippen molar-refractivity contribution in [2.75, 3.05) is 0 Å². The first-order valence-corrected chi connectivity index (χ1v) is 18.3. The van der Waals surface area contributed by atoms with Crippen LogP contribution in [0.3, 0.4) is 0 Å². The maximum absolute atomic E-state index is 2.85. The summed E-state index contributed by atoms with van der Waals surface area (Å²) in [7, 11) is 0. The highest BCUT2D eigenvalue weighted by Gasteiger charge is 2.68. The molecule has 228 valence electrons. The Labute approximate surface area is 251 Å². The summed E-state index contributed by atoms with van der Waals surface area (Å²) in [4.78, 5) is 0. The van der Waals surface area contributed by atoms with Crippen LogP contribution < -0.4 is 0 Å². The SMILES string of the molecule is CCC(C)CCCC1=C2CC3C(CC)C(C)(C(C4C(C)=C4CC(C)C)C(C)C4CC4CC12)C3C(C)C(C)C(C)C. The van der Waals surface area contributed by atoms with Gasteiger partial charge in [-0.1, -0.05) is 118 Å². The smallest absolute Gasteiger partial charge is 0.00463 e. The summed E-state index contributed by atoms with van der Waals surface area (Å²) in [5.41, 5.74) is 8.14. The van der Waals surface area contributed by atoms with Gasteiger partial charge in [-0.2, -0.15) is 0 Å². The molecule has 0 aromatic rings. The number of hydrogen-bond acceptors (Lipinski definition) is 0. The Kier molecular flexibility index (Phi) is 8.91. The first-order valence-electron chi connectivity index (χ1n) is 18.3. The molecule has 2 bridgehead atoms. The molecule has 4 saturated carbocycles. The summed E-state index contributed by atoms with van der Waals surface area (Å²) in [5.74, 6) is 12.3. The number of rotatable bonds is 12. The van der Waals surface area contributed by atoms with Crippen LogP contribution in [-0.4, -0.2) is 0 Å². The van der Waals surface area contributed by atoms with Crippen molar-refractivity contribution in [1.82, 2.24) is 0 Å². The van der Waals surface area contributed by atoms with Gasteiger partial charge in [0.1, 0.15) is 0 Å². The highest BCUT2D eigenvalue weighted by molar-refractivity contribution is 5.45. The van der Waals surface area contributed by atoms with Crippen molar-refractivity contribution < 1.29 is 0 Å². The minimum absolute atomic E-state index is 0.491. The van der Waals surface area contributed by atoms with Gasteiger partial charge < -0.3 is 0 Å². The van der Waals surface area contributed by atoms with Crippen molar-refractivity contribution in [1.29, 1.82) is 0 Å². The fraction of sp³-hybridized carbons (Fsp3) is 0.900. The Balaban J connectivity index is 1.49. The lowest BCUT2D eigenvalue weighted by Crippen LogP contribution is -2.63. The summed E-state index contributed by atoms with van der Waals surface area (Å²) in [6.07, 6.45) is 12.9. The first-order chi connectivity index (χ1) is 18.9. The molecular weight excluding hydrogens is 480 g/mol. The first kappa shape index (κ1) is 30.9. The van der Waals surface area contributed by atoms with Gasteiger partial charge in [-0.3, -0.25) is 0 Å². The summed E-state index contributed by atoms with van der Waals surface area (Å²) in [6.45, 7) is 30.7. The van der Waals surface area contributed by atoms with E-state index in [0.29, 0.717) is 5.41 Å². The Morgan fingerprint density at radius 1 is 0.925 bits per heavy atom.